The Labute approximate surface area is 221 Å². The molecule has 0 bridgehead atoms. The van der Waals surface area contributed by atoms with Crippen LogP contribution in [0, 0.1) is 16.0 Å². The minimum Gasteiger partial charge on any atom is -0.493 e. The van der Waals surface area contributed by atoms with Gasteiger partial charge in [0.1, 0.15) is 12.3 Å². The summed E-state index contributed by atoms with van der Waals surface area (Å²) >= 11 is 15.8. The molecule has 3 aromatic carbocycles. The molecule has 3 aromatic rings. The Balaban J connectivity index is 1.48. The molecule has 0 fully saturated rings. The molecular formula is C26H21BrCl2N2O4. The highest BCUT2D eigenvalue weighted by Crippen LogP contribution is 2.53. The second kappa shape index (κ2) is 9.72. The predicted molar refractivity (Wildman–Crippen MR) is 141 cm³/mol. The van der Waals surface area contributed by atoms with Gasteiger partial charge in [-0.05, 0) is 69.2 Å². The molecule has 0 aromatic heterocycles. The van der Waals surface area contributed by atoms with E-state index < -0.39 is 0 Å². The summed E-state index contributed by atoms with van der Waals surface area (Å²) < 4.78 is 12.5. The van der Waals surface area contributed by atoms with Gasteiger partial charge in [0.05, 0.1) is 32.6 Å². The molecule has 1 aliphatic carbocycles. The zero-order chi connectivity index (χ0) is 24.7. The number of hydrogen-bond acceptors (Lipinski definition) is 5. The molecule has 5 rings (SSSR count). The highest BCUT2D eigenvalue weighted by atomic mass is 79.9. The summed E-state index contributed by atoms with van der Waals surface area (Å²) in [5.74, 6) is 1.45. The van der Waals surface area contributed by atoms with Crippen LogP contribution in [0.2, 0.25) is 10.0 Å². The fourth-order valence-electron chi connectivity index (χ4n) is 4.93. The average Bonchev–Trinajstić information content (AvgIpc) is 3.34. The van der Waals surface area contributed by atoms with Gasteiger partial charge in [-0.2, -0.15) is 0 Å². The Morgan fingerprint density at radius 2 is 2.00 bits per heavy atom. The van der Waals surface area contributed by atoms with Crippen LogP contribution in [0.5, 0.6) is 11.5 Å². The Bertz CT molecular complexity index is 1350. The molecule has 2 aliphatic rings. The van der Waals surface area contributed by atoms with E-state index in [9.17, 15) is 10.1 Å². The zero-order valence-electron chi connectivity index (χ0n) is 18.6. The van der Waals surface area contributed by atoms with Crippen LogP contribution in [-0.2, 0) is 6.61 Å². The first kappa shape index (κ1) is 24.0. The summed E-state index contributed by atoms with van der Waals surface area (Å²) in [6, 6.07) is 14.4. The van der Waals surface area contributed by atoms with E-state index >= 15 is 0 Å². The van der Waals surface area contributed by atoms with Crippen LogP contribution < -0.4 is 14.8 Å². The van der Waals surface area contributed by atoms with Crippen LogP contribution in [0.15, 0.2) is 65.2 Å². The Morgan fingerprint density at radius 1 is 1.17 bits per heavy atom. The zero-order valence-corrected chi connectivity index (χ0v) is 21.7. The summed E-state index contributed by atoms with van der Waals surface area (Å²) in [7, 11) is 1.59. The number of nitrogens with one attached hydrogen (secondary N) is 1. The van der Waals surface area contributed by atoms with Crippen molar-refractivity contribution in [1.82, 2.24) is 0 Å². The number of ether oxygens (including phenoxy) is 2. The number of fused-ring (bicyclic) bond motifs is 3. The van der Waals surface area contributed by atoms with Crippen molar-refractivity contribution < 1.29 is 14.4 Å². The molecule has 0 spiro atoms. The number of nitro groups is 1. The molecule has 0 unspecified atom stereocenters. The first-order chi connectivity index (χ1) is 16.9. The Morgan fingerprint density at radius 3 is 2.74 bits per heavy atom. The molecule has 35 heavy (non-hydrogen) atoms. The van der Waals surface area contributed by atoms with E-state index in [1.165, 1.54) is 0 Å². The van der Waals surface area contributed by atoms with Crippen molar-refractivity contribution in [3.8, 4) is 11.5 Å². The van der Waals surface area contributed by atoms with Crippen LogP contribution in [0.25, 0.3) is 0 Å². The standard InChI is InChI=1S/C26H21BrCl2N2O4/c1-34-23-12-15(11-19(27)26(23)35-13-14-8-9-20(28)21(29)10-14)24-17-5-2-4-16(17)18-6-3-7-22(31(32)33)25(18)30-24/h2-4,6-12,16-17,24,30H,5,13H2,1H3/t16-,17-,24+/m1/s1. The largest absolute Gasteiger partial charge is 0.493 e. The smallest absolute Gasteiger partial charge is 0.292 e. The first-order valence-corrected chi connectivity index (χ1v) is 12.6. The normalized spacial score (nSPS) is 20.1. The SMILES string of the molecule is COc1cc([C@@H]2Nc3c(cccc3[N+](=O)[O-])[C@@H]3C=CC[C@H]32)cc(Br)c1OCc1ccc(Cl)c(Cl)c1. The van der Waals surface area contributed by atoms with E-state index in [-0.39, 0.29) is 35.1 Å². The lowest BCUT2D eigenvalue weighted by Crippen LogP contribution is -2.29. The lowest BCUT2D eigenvalue weighted by molar-refractivity contribution is -0.384. The molecule has 0 radical (unpaired) electrons. The van der Waals surface area contributed by atoms with Crippen molar-refractivity contribution >= 4 is 50.5 Å². The summed E-state index contributed by atoms with van der Waals surface area (Å²) in [4.78, 5) is 11.4. The van der Waals surface area contributed by atoms with E-state index in [0.717, 1.165) is 27.6 Å². The van der Waals surface area contributed by atoms with Crippen LogP contribution >= 0.6 is 39.1 Å². The molecule has 0 saturated heterocycles. The summed E-state index contributed by atoms with van der Waals surface area (Å²) in [5.41, 5.74) is 3.44. The number of methoxy groups -OCH3 is 1. The van der Waals surface area contributed by atoms with Crippen LogP contribution in [0.4, 0.5) is 11.4 Å². The number of allylic oxidation sites excluding steroid dienone is 2. The summed E-state index contributed by atoms with van der Waals surface area (Å²) in [6.07, 6.45) is 5.18. The van der Waals surface area contributed by atoms with Gasteiger partial charge in [0.15, 0.2) is 11.5 Å². The van der Waals surface area contributed by atoms with Crippen molar-refractivity contribution in [2.24, 2.45) is 5.92 Å². The lowest BCUT2D eigenvalue weighted by atomic mass is 9.76. The molecule has 0 saturated carbocycles. The Kier molecular flexibility index (Phi) is 6.66. The molecule has 0 amide bonds. The highest BCUT2D eigenvalue weighted by molar-refractivity contribution is 9.10. The average molecular weight is 576 g/mol. The number of hydrogen-bond donors (Lipinski definition) is 1. The topological polar surface area (TPSA) is 73.6 Å². The minimum atomic E-state index is -0.335. The van der Waals surface area contributed by atoms with Gasteiger partial charge < -0.3 is 14.8 Å². The van der Waals surface area contributed by atoms with E-state index in [2.05, 4.69) is 33.4 Å². The van der Waals surface area contributed by atoms with E-state index in [4.69, 9.17) is 32.7 Å². The predicted octanol–water partition coefficient (Wildman–Crippen LogP) is 8.08. The van der Waals surface area contributed by atoms with Crippen molar-refractivity contribution in [1.29, 1.82) is 0 Å². The van der Waals surface area contributed by atoms with Crippen LogP contribution in [-0.4, -0.2) is 12.0 Å². The summed E-state index contributed by atoms with van der Waals surface area (Å²) in [6.45, 7) is 0.279. The monoisotopic (exact) mass is 574 g/mol. The maximum atomic E-state index is 11.7. The molecule has 3 atom stereocenters. The first-order valence-electron chi connectivity index (χ1n) is 11.0. The maximum Gasteiger partial charge on any atom is 0.292 e. The summed E-state index contributed by atoms with van der Waals surface area (Å²) in [5, 5.41) is 16.2. The van der Waals surface area contributed by atoms with Gasteiger partial charge in [-0.3, -0.25) is 10.1 Å². The van der Waals surface area contributed by atoms with Gasteiger partial charge in [-0.1, -0.05) is 53.6 Å². The minimum absolute atomic E-state index is 0.0823. The van der Waals surface area contributed by atoms with Gasteiger partial charge >= 0.3 is 0 Å². The van der Waals surface area contributed by atoms with E-state index in [0.29, 0.717) is 27.2 Å². The fraction of sp³-hybridized carbons (Fsp3) is 0.231. The molecule has 9 heteroatoms. The van der Waals surface area contributed by atoms with Gasteiger partial charge in [0.2, 0.25) is 0 Å². The third-order valence-corrected chi connectivity index (χ3v) is 7.88. The molecule has 180 valence electrons. The Hall–Kier alpha value is -2.74. The van der Waals surface area contributed by atoms with Gasteiger partial charge in [0.25, 0.3) is 5.69 Å². The third kappa shape index (κ3) is 4.48. The maximum absolute atomic E-state index is 11.7. The van der Waals surface area contributed by atoms with Gasteiger partial charge in [-0.25, -0.2) is 0 Å². The van der Waals surface area contributed by atoms with E-state index in [1.807, 2.05) is 24.3 Å². The number of nitro benzene ring substituents is 1. The molecule has 1 heterocycles. The van der Waals surface area contributed by atoms with E-state index in [1.54, 1.807) is 31.4 Å². The number of halogens is 3. The number of nitrogens with zero attached hydrogens (tertiary/aromatic N) is 1. The number of anilines is 1. The molecule has 1 aliphatic heterocycles. The number of para-hydroxylation sites is 1. The van der Waals surface area contributed by atoms with Crippen molar-refractivity contribution in [3.05, 3.63) is 102 Å². The second-order valence-electron chi connectivity index (χ2n) is 8.55. The van der Waals surface area contributed by atoms with Crippen LogP contribution in [0.1, 0.15) is 35.1 Å². The fourth-order valence-corrected chi connectivity index (χ4v) is 5.83. The van der Waals surface area contributed by atoms with Gasteiger partial charge in [-0.15, -0.1) is 0 Å². The molecule has 6 nitrogen and oxygen atoms in total. The lowest BCUT2D eigenvalue weighted by Gasteiger charge is -2.37. The third-order valence-electron chi connectivity index (χ3n) is 6.55. The van der Waals surface area contributed by atoms with Crippen molar-refractivity contribution in [2.75, 3.05) is 12.4 Å². The van der Waals surface area contributed by atoms with Crippen molar-refractivity contribution in [3.63, 3.8) is 0 Å². The quantitative estimate of drug-likeness (QED) is 0.183. The molecular weight excluding hydrogens is 555 g/mol. The number of benzene rings is 3. The molecule has 1 N–H and O–H groups in total. The van der Waals surface area contributed by atoms with Crippen LogP contribution in [0.3, 0.4) is 0 Å². The van der Waals surface area contributed by atoms with Crippen molar-refractivity contribution in [2.45, 2.75) is 25.0 Å². The van der Waals surface area contributed by atoms with Gasteiger partial charge in [0, 0.05) is 12.0 Å². The second-order valence-corrected chi connectivity index (χ2v) is 10.2. The number of rotatable bonds is 6. The highest BCUT2D eigenvalue weighted by Gasteiger charge is 2.40.